The van der Waals surface area contributed by atoms with Crippen molar-refractivity contribution in [2.24, 2.45) is 34.5 Å². The topological polar surface area (TPSA) is 42.0 Å². The molecule has 1 aromatic heterocycles. The van der Waals surface area contributed by atoms with Crippen molar-refractivity contribution < 1.29 is 4.79 Å². The van der Waals surface area contributed by atoms with Gasteiger partial charge in [0.15, 0.2) is 0 Å². The van der Waals surface area contributed by atoms with Gasteiger partial charge in [-0.05, 0) is 105 Å². The number of hydrogen-bond acceptors (Lipinski definition) is 2. The summed E-state index contributed by atoms with van der Waals surface area (Å²) in [6.45, 7) is 5.05. The Morgan fingerprint density at radius 3 is 2.83 bits per heavy atom. The molecular weight excluding hydrogens is 356 g/mol. The zero-order chi connectivity index (χ0) is 20.1. The quantitative estimate of drug-likeness (QED) is 0.754. The predicted molar refractivity (Wildman–Crippen MR) is 116 cm³/mol. The van der Waals surface area contributed by atoms with E-state index in [1.165, 1.54) is 50.6 Å². The first-order valence-electron chi connectivity index (χ1n) is 11.9. The van der Waals surface area contributed by atoms with Crippen LogP contribution in [0.3, 0.4) is 0 Å². The van der Waals surface area contributed by atoms with Crippen molar-refractivity contribution in [1.29, 1.82) is 0 Å². The number of nitrogens with one attached hydrogen (secondary N) is 1. The predicted octanol–water partition coefficient (Wildman–Crippen LogP) is 5.32. The van der Waals surface area contributed by atoms with Gasteiger partial charge >= 0.3 is 0 Å². The third kappa shape index (κ3) is 3.16. The molecule has 1 amide bonds. The first-order chi connectivity index (χ1) is 14.0. The number of aromatic nitrogens is 1. The van der Waals surface area contributed by atoms with Gasteiger partial charge in [0, 0.05) is 23.3 Å². The second-order valence-corrected chi connectivity index (χ2v) is 10.7. The third-order valence-corrected chi connectivity index (χ3v) is 9.59. The largest absolute Gasteiger partial charge is 0.349 e. The molecule has 156 valence electrons. The minimum absolute atomic E-state index is 0.111. The molecule has 0 saturated heterocycles. The van der Waals surface area contributed by atoms with Crippen LogP contribution in [0.4, 0.5) is 0 Å². The van der Waals surface area contributed by atoms with E-state index in [0.717, 1.165) is 36.5 Å². The molecular formula is C26H36N2O. The zero-order valence-corrected chi connectivity index (χ0v) is 18.1. The summed E-state index contributed by atoms with van der Waals surface area (Å²) in [6.07, 6.45) is 17.8. The normalized spacial score (nSPS) is 43.2. The highest BCUT2D eigenvalue weighted by atomic mass is 16.1. The molecule has 0 unspecified atom stereocenters. The first kappa shape index (κ1) is 19.3. The van der Waals surface area contributed by atoms with E-state index in [0.29, 0.717) is 11.5 Å². The van der Waals surface area contributed by atoms with Crippen LogP contribution in [0.5, 0.6) is 0 Å². The summed E-state index contributed by atoms with van der Waals surface area (Å²) >= 11 is 0. The fraction of sp³-hybridized carbons (Fsp3) is 0.692. The van der Waals surface area contributed by atoms with Crippen molar-refractivity contribution in [3.8, 4) is 0 Å². The van der Waals surface area contributed by atoms with Gasteiger partial charge in [0.05, 0.1) is 0 Å². The first-order valence-corrected chi connectivity index (χ1v) is 11.9. The highest BCUT2D eigenvalue weighted by molar-refractivity contribution is 5.89. The van der Waals surface area contributed by atoms with Gasteiger partial charge in [-0.1, -0.05) is 26.0 Å². The van der Waals surface area contributed by atoms with Gasteiger partial charge in [-0.15, -0.1) is 0 Å². The lowest BCUT2D eigenvalue weighted by Crippen LogP contribution is -2.59. The molecule has 3 saturated carbocycles. The molecule has 7 atom stereocenters. The Bertz CT molecular complexity index is 789. The van der Waals surface area contributed by atoms with Crippen LogP contribution in [0, 0.1) is 34.5 Å². The number of rotatable bonds is 4. The second kappa shape index (κ2) is 7.25. The van der Waals surface area contributed by atoms with Crippen LogP contribution < -0.4 is 5.32 Å². The number of pyridine rings is 1. The molecule has 1 aromatic rings. The van der Waals surface area contributed by atoms with Gasteiger partial charge in [-0.3, -0.25) is 9.78 Å². The van der Waals surface area contributed by atoms with Crippen LogP contribution in [0.15, 0.2) is 36.5 Å². The Morgan fingerprint density at radius 1 is 1.10 bits per heavy atom. The molecule has 0 spiro atoms. The van der Waals surface area contributed by atoms with Crippen molar-refractivity contribution >= 4 is 5.91 Å². The molecule has 1 aliphatic heterocycles. The maximum absolute atomic E-state index is 11.9. The van der Waals surface area contributed by atoms with E-state index in [9.17, 15) is 4.79 Å². The fourth-order valence-corrected chi connectivity index (χ4v) is 7.99. The Hall–Kier alpha value is -1.64. The monoisotopic (exact) mass is 392 g/mol. The Morgan fingerprint density at radius 2 is 2.00 bits per heavy atom. The average molecular weight is 393 g/mol. The number of aryl methyl sites for hydroxylation is 1. The maximum atomic E-state index is 11.9. The van der Waals surface area contributed by atoms with Crippen molar-refractivity contribution in [3.63, 3.8) is 0 Å². The third-order valence-electron chi connectivity index (χ3n) is 9.59. The average Bonchev–Trinajstić information content (AvgIpc) is 3.06. The molecule has 5 rings (SSSR count). The van der Waals surface area contributed by atoms with Gasteiger partial charge in [0.2, 0.25) is 5.91 Å². The van der Waals surface area contributed by atoms with Crippen molar-refractivity contribution in [3.05, 3.63) is 42.2 Å². The zero-order valence-electron chi connectivity index (χ0n) is 18.1. The Labute approximate surface area is 175 Å². The highest BCUT2D eigenvalue weighted by Gasteiger charge is 2.59. The van der Waals surface area contributed by atoms with E-state index in [1.54, 1.807) is 0 Å². The Balaban J connectivity index is 1.28. The minimum Gasteiger partial charge on any atom is -0.349 e. The van der Waals surface area contributed by atoms with Crippen molar-refractivity contribution in [2.75, 3.05) is 0 Å². The molecule has 3 heteroatoms. The fourth-order valence-electron chi connectivity index (χ4n) is 7.99. The van der Waals surface area contributed by atoms with Gasteiger partial charge in [-0.2, -0.15) is 0 Å². The number of fused-ring (bicyclic) bond motifs is 5. The van der Waals surface area contributed by atoms with Crippen LogP contribution in [0.2, 0.25) is 0 Å². The van der Waals surface area contributed by atoms with Crippen LogP contribution in [-0.2, 0) is 11.2 Å². The lowest BCUT2D eigenvalue weighted by atomic mass is 9.48. The molecule has 2 heterocycles. The summed E-state index contributed by atoms with van der Waals surface area (Å²) in [7, 11) is 0. The van der Waals surface area contributed by atoms with E-state index in [2.05, 4.69) is 42.4 Å². The smallest absolute Gasteiger partial charge is 0.243 e. The molecule has 3 nitrogen and oxygen atoms in total. The van der Waals surface area contributed by atoms with Crippen molar-refractivity contribution in [1.82, 2.24) is 10.3 Å². The molecule has 3 fully saturated rings. The molecule has 0 bridgehead atoms. The molecule has 0 radical (unpaired) electrons. The summed E-state index contributed by atoms with van der Waals surface area (Å²) < 4.78 is 0. The van der Waals surface area contributed by atoms with E-state index in [-0.39, 0.29) is 11.3 Å². The Kier molecular flexibility index (Phi) is 4.83. The van der Waals surface area contributed by atoms with Crippen LogP contribution >= 0.6 is 0 Å². The second-order valence-electron chi connectivity index (χ2n) is 10.7. The molecule has 29 heavy (non-hydrogen) atoms. The van der Waals surface area contributed by atoms with Gasteiger partial charge < -0.3 is 5.32 Å². The number of carbonyl (C=O) groups is 1. The number of amides is 1. The van der Waals surface area contributed by atoms with E-state index in [1.807, 2.05) is 18.3 Å². The lowest BCUT2D eigenvalue weighted by Gasteiger charge is -2.59. The summed E-state index contributed by atoms with van der Waals surface area (Å²) in [5, 5.41) is 3.28. The van der Waals surface area contributed by atoms with E-state index in [4.69, 9.17) is 0 Å². The minimum atomic E-state index is 0.111. The number of nitrogens with zero attached hydrogens (tertiary/aromatic N) is 1. The summed E-state index contributed by atoms with van der Waals surface area (Å²) in [5.74, 6) is 3.45. The van der Waals surface area contributed by atoms with Crippen LogP contribution in [0.25, 0.3) is 0 Å². The highest BCUT2D eigenvalue weighted by Crippen LogP contribution is 2.65. The maximum Gasteiger partial charge on any atom is 0.243 e. The molecule has 4 aliphatic rings. The number of carbonyl (C=O) groups excluding carboxylic acids is 1. The molecule has 1 N–H and O–H groups in total. The summed E-state index contributed by atoms with van der Waals surface area (Å²) in [6, 6.07) is 6.63. The van der Waals surface area contributed by atoms with E-state index >= 15 is 0 Å². The van der Waals surface area contributed by atoms with Gasteiger partial charge in [-0.25, -0.2) is 0 Å². The van der Waals surface area contributed by atoms with Gasteiger partial charge in [0.25, 0.3) is 0 Å². The van der Waals surface area contributed by atoms with Gasteiger partial charge in [0.1, 0.15) is 0 Å². The van der Waals surface area contributed by atoms with Crippen LogP contribution in [-0.4, -0.2) is 16.9 Å². The molecule has 0 aromatic carbocycles. The van der Waals surface area contributed by atoms with Crippen molar-refractivity contribution in [2.45, 2.75) is 77.7 Å². The lowest BCUT2D eigenvalue weighted by molar-refractivity contribution is -0.122. The standard InChI is InChI=1S/C26H36N2O/c1-25-15-13-22-20(10-12-23-26(22,2)16-14-24(29)28-23)21(25)11-9-18(25)6-5-8-19-7-3-4-17-27-19/h3-4,7,14,16-18,20-23H,5-6,8-13,15H2,1-2H3,(H,28,29)/t18-,20-,21-,22-,23+,25+,26+/m0/s1. The summed E-state index contributed by atoms with van der Waals surface area (Å²) in [5.41, 5.74) is 1.93. The molecule has 3 aliphatic carbocycles. The number of hydrogen-bond donors (Lipinski definition) is 1. The SMILES string of the molecule is C[C@]12C=CC(=O)N[C@@H]1CC[C@@H]1[C@@H]2CC[C@]2(C)[C@@H](CCCc3ccccn3)CC[C@@H]12. The van der Waals surface area contributed by atoms with E-state index < -0.39 is 0 Å². The summed E-state index contributed by atoms with van der Waals surface area (Å²) in [4.78, 5) is 16.4. The van der Waals surface area contributed by atoms with Crippen LogP contribution in [0.1, 0.15) is 70.9 Å².